The van der Waals surface area contributed by atoms with E-state index in [1.807, 2.05) is 5.38 Å². The first kappa shape index (κ1) is 10.6. The summed E-state index contributed by atoms with van der Waals surface area (Å²) in [5.74, 6) is -0.245. The third kappa shape index (κ3) is 2.37. The third-order valence-electron chi connectivity index (χ3n) is 2.05. The lowest BCUT2D eigenvalue weighted by Crippen LogP contribution is -2.26. The second-order valence-electron chi connectivity index (χ2n) is 3.19. The Morgan fingerprint density at radius 3 is 3.12 bits per heavy atom. The Kier molecular flexibility index (Phi) is 3.16. The molecule has 1 amide bonds. The molecule has 2 aromatic heterocycles. The zero-order valence-electron chi connectivity index (χ0n) is 8.43. The van der Waals surface area contributed by atoms with E-state index in [4.69, 9.17) is 5.73 Å². The number of carbonyl (C=O) groups is 1. The van der Waals surface area contributed by atoms with Gasteiger partial charge in [-0.25, -0.2) is 4.98 Å². The molecule has 0 radical (unpaired) electrons. The maximum atomic E-state index is 11.6. The summed E-state index contributed by atoms with van der Waals surface area (Å²) in [5, 5.41) is 10.9. The summed E-state index contributed by atoms with van der Waals surface area (Å²) >= 11 is 1.54. The number of thiazole rings is 1. The highest BCUT2D eigenvalue weighted by molar-refractivity contribution is 7.07. The van der Waals surface area contributed by atoms with Crippen LogP contribution in [0.4, 0.5) is 5.69 Å². The van der Waals surface area contributed by atoms with Crippen molar-refractivity contribution in [3.05, 3.63) is 28.5 Å². The minimum Gasteiger partial charge on any atom is -0.396 e. The fraction of sp³-hybridized carbons (Fsp3) is 0.222. The third-order valence-corrected chi connectivity index (χ3v) is 2.68. The van der Waals surface area contributed by atoms with E-state index in [9.17, 15) is 4.79 Å². The van der Waals surface area contributed by atoms with Crippen LogP contribution in [0.1, 0.15) is 16.2 Å². The summed E-state index contributed by atoms with van der Waals surface area (Å²) in [5.41, 5.74) is 8.94. The maximum absolute atomic E-state index is 11.6. The number of aromatic nitrogens is 3. The van der Waals surface area contributed by atoms with E-state index in [0.717, 1.165) is 5.69 Å². The molecule has 0 unspecified atom stereocenters. The smallest absolute Gasteiger partial charge is 0.271 e. The van der Waals surface area contributed by atoms with Crippen LogP contribution in [-0.4, -0.2) is 27.6 Å². The minimum absolute atomic E-state index is 0.245. The van der Waals surface area contributed by atoms with Crippen LogP contribution >= 0.6 is 11.3 Å². The first-order valence-corrected chi connectivity index (χ1v) is 5.66. The number of hydrogen-bond donors (Lipinski definition) is 3. The van der Waals surface area contributed by atoms with Crippen LogP contribution in [0.5, 0.6) is 0 Å². The number of aromatic amines is 1. The molecule has 0 atom stereocenters. The number of anilines is 1. The van der Waals surface area contributed by atoms with Crippen molar-refractivity contribution in [1.29, 1.82) is 0 Å². The molecule has 2 heterocycles. The molecule has 84 valence electrons. The normalized spacial score (nSPS) is 10.2. The summed E-state index contributed by atoms with van der Waals surface area (Å²) in [6.07, 6.45) is 2.12. The Morgan fingerprint density at radius 1 is 1.62 bits per heavy atom. The lowest BCUT2D eigenvalue weighted by Gasteiger charge is -2.02. The SMILES string of the molecule is Nc1cn[nH]c1C(=O)NCCc1cscn1. The summed E-state index contributed by atoms with van der Waals surface area (Å²) in [4.78, 5) is 15.7. The summed E-state index contributed by atoms with van der Waals surface area (Å²) in [6.45, 7) is 0.529. The highest BCUT2D eigenvalue weighted by atomic mass is 32.1. The topological polar surface area (TPSA) is 96.7 Å². The van der Waals surface area contributed by atoms with Crippen molar-refractivity contribution in [2.24, 2.45) is 0 Å². The van der Waals surface area contributed by atoms with Gasteiger partial charge >= 0.3 is 0 Å². The molecule has 0 saturated heterocycles. The van der Waals surface area contributed by atoms with Crippen LogP contribution < -0.4 is 11.1 Å². The van der Waals surface area contributed by atoms with Crippen LogP contribution in [0, 0.1) is 0 Å². The summed E-state index contributed by atoms with van der Waals surface area (Å²) < 4.78 is 0. The fourth-order valence-corrected chi connectivity index (χ4v) is 1.82. The van der Waals surface area contributed by atoms with Crippen LogP contribution in [0.15, 0.2) is 17.1 Å². The van der Waals surface area contributed by atoms with E-state index in [-0.39, 0.29) is 5.91 Å². The Labute approximate surface area is 95.9 Å². The minimum atomic E-state index is -0.245. The van der Waals surface area contributed by atoms with E-state index in [2.05, 4.69) is 20.5 Å². The Morgan fingerprint density at radius 2 is 2.50 bits per heavy atom. The lowest BCUT2D eigenvalue weighted by molar-refractivity contribution is 0.0950. The Hall–Kier alpha value is -1.89. The Bertz CT molecular complexity index is 464. The number of nitrogens with one attached hydrogen (secondary N) is 2. The van der Waals surface area contributed by atoms with Gasteiger partial charge in [-0.15, -0.1) is 11.3 Å². The highest BCUT2D eigenvalue weighted by Gasteiger charge is 2.10. The Balaban J connectivity index is 1.83. The molecule has 6 nitrogen and oxygen atoms in total. The number of nitrogen functional groups attached to an aromatic ring is 1. The van der Waals surface area contributed by atoms with Gasteiger partial charge in [0.2, 0.25) is 0 Å². The first-order valence-electron chi connectivity index (χ1n) is 4.71. The molecule has 0 aliphatic carbocycles. The van der Waals surface area contributed by atoms with Crippen molar-refractivity contribution in [3.63, 3.8) is 0 Å². The molecule has 0 saturated carbocycles. The van der Waals surface area contributed by atoms with Gasteiger partial charge in [0.25, 0.3) is 5.91 Å². The molecule has 0 spiro atoms. The van der Waals surface area contributed by atoms with E-state index in [1.165, 1.54) is 17.5 Å². The summed E-state index contributed by atoms with van der Waals surface area (Å²) in [7, 11) is 0. The molecule has 2 aromatic rings. The number of amides is 1. The van der Waals surface area contributed by atoms with Crippen molar-refractivity contribution in [1.82, 2.24) is 20.5 Å². The standard InChI is InChI=1S/C9H11N5OS/c10-7-3-13-14-8(7)9(15)11-2-1-6-4-16-5-12-6/h3-5H,1-2,10H2,(H,11,15)(H,13,14). The molecule has 2 rings (SSSR count). The quantitative estimate of drug-likeness (QED) is 0.718. The average molecular weight is 237 g/mol. The van der Waals surface area contributed by atoms with Crippen molar-refractivity contribution < 1.29 is 4.79 Å². The van der Waals surface area contributed by atoms with Gasteiger partial charge in [-0.3, -0.25) is 9.89 Å². The average Bonchev–Trinajstić information content (AvgIpc) is 2.88. The second-order valence-corrected chi connectivity index (χ2v) is 3.90. The van der Waals surface area contributed by atoms with Gasteiger partial charge in [0.1, 0.15) is 5.69 Å². The molecule has 0 aromatic carbocycles. The molecular formula is C9H11N5OS. The zero-order chi connectivity index (χ0) is 11.4. The van der Waals surface area contributed by atoms with E-state index in [1.54, 1.807) is 5.51 Å². The first-order chi connectivity index (χ1) is 7.77. The maximum Gasteiger partial charge on any atom is 0.271 e. The highest BCUT2D eigenvalue weighted by Crippen LogP contribution is 2.05. The van der Waals surface area contributed by atoms with Gasteiger partial charge in [-0.1, -0.05) is 0 Å². The van der Waals surface area contributed by atoms with Crippen LogP contribution in [0.2, 0.25) is 0 Å². The van der Waals surface area contributed by atoms with Crippen molar-refractivity contribution in [2.75, 3.05) is 12.3 Å². The van der Waals surface area contributed by atoms with Crippen molar-refractivity contribution >= 4 is 22.9 Å². The number of rotatable bonds is 4. The van der Waals surface area contributed by atoms with Gasteiger partial charge in [-0.2, -0.15) is 5.10 Å². The monoisotopic (exact) mass is 237 g/mol. The van der Waals surface area contributed by atoms with E-state index >= 15 is 0 Å². The number of H-pyrrole nitrogens is 1. The molecule has 16 heavy (non-hydrogen) atoms. The molecule has 0 bridgehead atoms. The number of hydrogen-bond acceptors (Lipinski definition) is 5. The van der Waals surface area contributed by atoms with Crippen LogP contribution in [-0.2, 0) is 6.42 Å². The fourth-order valence-electron chi connectivity index (χ4n) is 1.23. The molecule has 0 fully saturated rings. The molecular weight excluding hydrogens is 226 g/mol. The largest absolute Gasteiger partial charge is 0.396 e. The van der Waals surface area contributed by atoms with Crippen molar-refractivity contribution in [2.45, 2.75) is 6.42 Å². The van der Waals surface area contributed by atoms with Gasteiger partial charge in [0.15, 0.2) is 0 Å². The predicted molar refractivity (Wildman–Crippen MR) is 61.2 cm³/mol. The molecule has 0 aliphatic heterocycles. The van der Waals surface area contributed by atoms with Gasteiger partial charge in [0, 0.05) is 18.3 Å². The number of nitrogens with zero attached hydrogens (tertiary/aromatic N) is 2. The van der Waals surface area contributed by atoms with Gasteiger partial charge < -0.3 is 11.1 Å². The summed E-state index contributed by atoms with van der Waals surface area (Å²) in [6, 6.07) is 0. The second kappa shape index (κ2) is 4.75. The number of nitrogens with two attached hydrogens (primary N) is 1. The van der Waals surface area contributed by atoms with Gasteiger partial charge in [-0.05, 0) is 0 Å². The van der Waals surface area contributed by atoms with Gasteiger partial charge in [0.05, 0.1) is 23.1 Å². The number of carbonyl (C=O) groups excluding carboxylic acids is 1. The van der Waals surface area contributed by atoms with Crippen LogP contribution in [0.25, 0.3) is 0 Å². The van der Waals surface area contributed by atoms with Crippen LogP contribution in [0.3, 0.4) is 0 Å². The predicted octanol–water partition coefficient (Wildman–Crippen LogP) is 0.421. The molecule has 7 heteroatoms. The van der Waals surface area contributed by atoms with E-state index in [0.29, 0.717) is 24.3 Å². The molecule has 4 N–H and O–H groups in total. The van der Waals surface area contributed by atoms with E-state index < -0.39 is 0 Å². The lowest BCUT2D eigenvalue weighted by atomic mass is 10.3. The zero-order valence-corrected chi connectivity index (χ0v) is 9.25. The van der Waals surface area contributed by atoms with Crippen molar-refractivity contribution in [3.8, 4) is 0 Å². The molecule has 0 aliphatic rings.